The van der Waals surface area contributed by atoms with Gasteiger partial charge in [-0.3, -0.25) is 14.3 Å². The minimum atomic E-state index is -0.232. The van der Waals surface area contributed by atoms with Crippen LogP contribution in [0.25, 0.3) is 33.5 Å². The summed E-state index contributed by atoms with van der Waals surface area (Å²) in [5, 5.41) is 17.4. The summed E-state index contributed by atoms with van der Waals surface area (Å²) in [6, 6.07) is 25.6. The van der Waals surface area contributed by atoms with Crippen molar-refractivity contribution in [1.29, 1.82) is 0 Å². The number of nitrogens with zero attached hydrogens (tertiary/aromatic N) is 6. The van der Waals surface area contributed by atoms with Crippen molar-refractivity contribution in [3.05, 3.63) is 102 Å². The Balaban J connectivity index is 1.35. The Kier molecular flexibility index (Phi) is 6.48. The number of carbonyl (C=O) groups excluding carboxylic acids is 1. The molecule has 0 aliphatic heterocycles. The van der Waals surface area contributed by atoms with Gasteiger partial charge in [-0.1, -0.05) is 54.6 Å². The first kappa shape index (κ1) is 24.0. The number of anilines is 1. The molecule has 0 aliphatic carbocycles. The first-order valence-corrected chi connectivity index (χ1v) is 12.5. The number of hydrogen-bond acceptors (Lipinski definition) is 7. The van der Waals surface area contributed by atoms with Gasteiger partial charge in [0, 0.05) is 23.6 Å². The van der Waals surface area contributed by atoms with Gasteiger partial charge in [-0.15, -0.1) is 10.2 Å². The van der Waals surface area contributed by atoms with Crippen molar-refractivity contribution in [1.82, 2.24) is 35.2 Å². The van der Waals surface area contributed by atoms with E-state index in [1.807, 2.05) is 47.9 Å². The third kappa shape index (κ3) is 4.82. The van der Waals surface area contributed by atoms with E-state index in [2.05, 4.69) is 60.2 Å². The van der Waals surface area contributed by atoms with E-state index in [1.54, 1.807) is 30.6 Å². The largest absolute Gasteiger partial charge is 0.465 e. The molecule has 3 aromatic carbocycles. The zero-order chi connectivity index (χ0) is 26.6. The second-order valence-electron chi connectivity index (χ2n) is 8.75. The summed E-state index contributed by atoms with van der Waals surface area (Å²) in [5.74, 6) is 0.308. The van der Waals surface area contributed by atoms with E-state index in [1.165, 1.54) is 0 Å². The highest BCUT2D eigenvalue weighted by molar-refractivity contribution is 6.11. The zero-order valence-corrected chi connectivity index (χ0v) is 21.1. The number of fused-ring (bicyclic) bond motifs is 1. The molecule has 0 aliphatic rings. The van der Waals surface area contributed by atoms with Gasteiger partial charge in [0.2, 0.25) is 5.82 Å². The summed E-state index contributed by atoms with van der Waals surface area (Å²) in [6.45, 7) is 2.84. The number of aromatic amines is 1. The van der Waals surface area contributed by atoms with E-state index in [4.69, 9.17) is 4.74 Å². The third-order valence-electron chi connectivity index (χ3n) is 6.31. The minimum Gasteiger partial charge on any atom is -0.465 e. The lowest BCUT2D eigenvalue weighted by molar-refractivity contribution is 0.102. The van der Waals surface area contributed by atoms with Crippen molar-refractivity contribution in [2.24, 2.45) is 0 Å². The molecule has 10 heteroatoms. The predicted octanol–water partition coefficient (Wildman–Crippen LogP) is 4.98. The Labute approximate surface area is 223 Å². The smallest absolute Gasteiger partial charge is 0.297 e. The number of tetrazole rings is 1. The molecule has 6 aromatic rings. The van der Waals surface area contributed by atoms with Crippen LogP contribution in [0.5, 0.6) is 6.01 Å². The number of pyridine rings is 1. The van der Waals surface area contributed by atoms with Gasteiger partial charge in [-0.05, 0) is 53.1 Å². The average molecular weight is 517 g/mol. The normalized spacial score (nSPS) is 11.0. The number of H-pyrrole nitrogens is 1. The van der Waals surface area contributed by atoms with E-state index in [-0.39, 0.29) is 5.91 Å². The Morgan fingerprint density at radius 1 is 0.949 bits per heavy atom. The molecule has 0 bridgehead atoms. The van der Waals surface area contributed by atoms with Crippen LogP contribution in [0.1, 0.15) is 22.8 Å². The molecule has 6 rings (SSSR count). The number of benzene rings is 3. The third-order valence-corrected chi connectivity index (χ3v) is 6.31. The van der Waals surface area contributed by atoms with Crippen LogP contribution in [-0.2, 0) is 6.54 Å². The van der Waals surface area contributed by atoms with Gasteiger partial charge in [0.05, 0.1) is 29.7 Å². The van der Waals surface area contributed by atoms with E-state index < -0.39 is 0 Å². The minimum absolute atomic E-state index is 0.232. The number of rotatable bonds is 8. The van der Waals surface area contributed by atoms with Crippen molar-refractivity contribution >= 4 is 22.6 Å². The Hall–Kier alpha value is -5.38. The fourth-order valence-corrected chi connectivity index (χ4v) is 4.55. The van der Waals surface area contributed by atoms with Crippen molar-refractivity contribution in [2.75, 3.05) is 11.9 Å². The molecule has 1 amide bonds. The molecule has 0 atom stereocenters. The van der Waals surface area contributed by atoms with Crippen LogP contribution in [0.2, 0.25) is 0 Å². The van der Waals surface area contributed by atoms with Crippen molar-refractivity contribution < 1.29 is 9.53 Å². The number of ether oxygens (including phenoxy) is 1. The van der Waals surface area contributed by atoms with Crippen molar-refractivity contribution in [3.8, 4) is 28.5 Å². The number of nitrogens with one attached hydrogen (secondary N) is 2. The van der Waals surface area contributed by atoms with E-state index in [0.717, 1.165) is 22.3 Å². The Morgan fingerprint density at radius 2 is 1.74 bits per heavy atom. The molecular formula is C29H24N8O2. The maximum absolute atomic E-state index is 13.3. The van der Waals surface area contributed by atoms with Gasteiger partial charge >= 0.3 is 0 Å². The van der Waals surface area contributed by atoms with Crippen LogP contribution in [0.3, 0.4) is 0 Å². The maximum Gasteiger partial charge on any atom is 0.297 e. The summed E-state index contributed by atoms with van der Waals surface area (Å²) >= 11 is 0. The van der Waals surface area contributed by atoms with Gasteiger partial charge in [-0.25, -0.2) is 0 Å². The molecule has 3 aromatic heterocycles. The molecule has 3 heterocycles. The Bertz CT molecular complexity index is 1730. The first-order chi connectivity index (χ1) is 19.2. The highest BCUT2D eigenvalue weighted by Gasteiger charge is 2.20. The molecule has 0 saturated carbocycles. The molecule has 0 unspecified atom stereocenters. The van der Waals surface area contributed by atoms with Crippen LogP contribution in [0, 0.1) is 0 Å². The van der Waals surface area contributed by atoms with Crippen LogP contribution >= 0.6 is 0 Å². The van der Waals surface area contributed by atoms with E-state index >= 15 is 0 Å². The Morgan fingerprint density at radius 3 is 2.49 bits per heavy atom. The van der Waals surface area contributed by atoms with Gasteiger partial charge in [0.15, 0.2) is 0 Å². The van der Waals surface area contributed by atoms with Gasteiger partial charge in [0.25, 0.3) is 11.9 Å². The summed E-state index contributed by atoms with van der Waals surface area (Å²) in [7, 11) is 0. The molecule has 39 heavy (non-hydrogen) atoms. The summed E-state index contributed by atoms with van der Waals surface area (Å²) in [6.07, 6.45) is 3.27. The number of amides is 1. The van der Waals surface area contributed by atoms with Crippen molar-refractivity contribution in [3.63, 3.8) is 0 Å². The van der Waals surface area contributed by atoms with Crippen molar-refractivity contribution in [2.45, 2.75) is 13.5 Å². The van der Waals surface area contributed by atoms with E-state index in [0.29, 0.717) is 47.3 Å². The summed E-state index contributed by atoms with van der Waals surface area (Å²) in [4.78, 5) is 22.0. The molecular weight excluding hydrogens is 492 g/mol. The molecule has 10 nitrogen and oxygen atoms in total. The number of para-hydroxylation sites is 1. The number of carbonyl (C=O) groups is 1. The van der Waals surface area contributed by atoms with E-state index in [9.17, 15) is 4.79 Å². The second kappa shape index (κ2) is 10.5. The quantitative estimate of drug-likeness (QED) is 0.292. The molecule has 192 valence electrons. The molecule has 2 N–H and O–H groups in total. The SMILES string of the molecule is CCOc1nc2cccc(C(=O)Nc3ccncc3)c2n1Cc1ccc(-c2ccccc2-c2nn[nH]n2)cc1. The topological polar surface area (TPSA) is 123 Å². The first-order valence-electron chi connectivity index (χ1n) is 12.5. The predicted molar refractivity (Wildman–Crippen MR) is 147 cm³/mol. The lowest BCUT2D eigenvalue weighted by atomic mass is 9.98. The summed E-state index contributed by atoms with van der Waals surface area (Å²) in [5.41, 5.74) is 6.52. The molecule has 0 radical (unpaired) electrons. The van der Waals surface area contributed by atoms with Gasteiger partial charge in [-0.2, -0.15) is 10.2 Å². The zero-order valence-electron chi connectivity index (χ0n) is 21.1. The van der Waals surface area contributed by atoms with Crippen LogP contribution < -0.4 is 10.1 Å². The lowest BCUT2D eigenvalue weighted by Gasteiger charge is -2.13. The van der Waals surface area contributed by atoms with Gasteiger partial charge < -0.3 is 10.1 Å². The standard InChI is InChI=1S/C29H24N8O2/c1-2-39-29-32-25-9-5-8-24(28(38)31-21-14-16-30-17-15-21)26(25)37(29)18-19-10-12-20(13-11-19)22-6-3-4-7-23(22)27-33-35-36-34-27/h3-17H,2,18H2,1H3,(H,30,31,38)(H,33,34,35,36). The molecule has 0 saturated heterocycles. The highest BCUT2D eigenvalue weighted by Crippen LogP contribution is 2.31. The van der Waals surface area contributed by atoms with Crippen LogP contribution in [0.15, 0.2) is 91.3 Å². The van der Waals surface area contributed by atoms with Crippen LogP contribution in [0.4, 0.5) is 5.69 Å². The monoisotopic (exact) mass is 516 g/mol. The average Bonchev–Trinajstić information content (AvgIpc) is 3.63. The molecule has 0 fully saturated rings. The number of imidazole rings is 1. The number of hydrogen-bond donors (Lipinski definition) is 2. The number of aromatic nitrogens is 7. The molecule has 0 spiro atoms. The summed E-state index contributed by atoms with van der Waals surface area (Å²) < 4.78 is 7.83. The van der Waals surface area contributed by atoms with Gasteiger partial charge in [0.1, 0.15) is 0 Å². The fourth-order valence-electron chi connectivity index (χ4n) is 4.55. The lowest BCUT2D eigenvalue weighted by Crippen LogP contribution is -2.14. The maximum atomic E-state index is 13.3. The fraction of sp³-hybridized carbons (Fsp3) is 0.103. The second-order valence-corrected chi connectivity index (χ2v) is 8.75. The highest BCUT2D eigenvalue weighted by atomic mass is 16.5. The van der Waals surface area contributed by atoms with Crippen LogP contribution in [-0.4, -0.2) is 47.7 Å².